The van der Waals surface area contributed by atoms with Gasteiger partial charge in [0.25, 0.3) is 5.95 Å². The van der Waals surface area contributed by atoms with E-state index in [-0.39, 0.29) is 5.95 Å². The van der Waals surface area contributed by atoms with Crippen LogP contribution < -0.4 is 10.6 Å². The van der Waals surface area contributed by atoms with Gasteiger partial charge in [0.15, 0.2) is 5.82 Å². The van der Waals surface area contributed by atoms with Crippen molar-refractivity contribution in [2.45, 2.75) is 0 Å². The van der Waals surface area contributed by atoms with Gasteiger partial charge >= 0.3 is 6.03 Å². The molecule has 0 spiro atoms. The molecule has 15 heavy (non-hydrogen) atoms. The van der Waals surface area contributed by atoms with Crippen molar-refractivity contribution in [2.24, 2.45) is 0 Å². The summed E-state index contributed by atoms with van der Waals surface area (Å²) in [7, 11) is 0. The molecule has 9 heteroatoms. The van der Waals surface area contributed by atoms with E-state index in [4.69, 9.17) is 0 Å². The van der Waals surface area contributed by atoms with Crippen molar-refractivity contribution in [2.75, 3.05) is 10.6 Å². The van der Waals surface area contributed by atoms with Crippen LogP contribution in [0, 0.1) is 0 Å². The SMILES string of the molecule is O=C(Nc1cccnn1)Nc1nn[nH]n1. The number of amides is 2. The third-order valence-corrected chi connectivity index (χ3v) is 1.38. The van der Waals surface area contributed by atoms with E-state index in [1.807, 2.05) is 0 Å². The highest BCUT2D eigenvalue weighted by Gasteiger charge is 2.05. The molecule has 0 saturated heterocycles. The summed E-state index contributed by atoms with van der Waals surface area (Å²) in [5, 5.41) is 24.6. The Morgan fingerprint density at radius 1 is 1.33 bits per heavy atom. The Labute approximate surface area is 83.3 Å². The molecule has 76 valence electrons. The topological polar surface area (TPSA) is 121 Å². The summed E-state index contributed by atoms with van der Waals surface area (Å²) in [5.74, 6) is 0.412. The van der Waals surface area contributed by atoms with E-state index in [1.165, 1.54) is 6.20 Å². The number of tetrazole rings is 1. The lowest BCUT2D eigenvalue weighted by Crippen LogP contribution is -2.21. The molecule has 3 N–H and O–H groups in total. The van der Waals surface area contributed by atoms with Gasteiger partial charge in [-0.1, -0.05) is 5.10 Å². The second-order valence-corrected chi connectivity index (χ2v) is 2.42. The third-order valence-electron chi connectivity index (χ3n) is 1.38. The molecule has 2 amide bonds. The van der Waals surface area contributed by atoms with Gasteiger partial charge in [-0.2, -0.15) is 10.3 Å². The Kier molecular flexibility index (Phi) is 2.45. The Morgan fingerprint density at radius 2 is 2.27 bits per heavy atom. The van der Waals surface area contributed by atoms with Crippen LogP contribution in [-0.2, 0) is 0 Å². The first-order valence-corrected chi connectivity index (χ1v) is 3.94. The molecule has 0 saturated carbocycles. The minimum absolute atomic E-state index is 0.0800. The first-order valence-electron chi connectivity index (χ1n) is 3.94. The number of nitrogens with one attached hydrogen (secondary N) is 3. The Balaban J connectivity index is 1.94. The van der Waals surface area contributed by atoms with Crippen LogP contribution >= 0.6 is 0 Å². The molecular formula is C6H6N8O. The molecule has 2 rings (SSSR count). The number of aromatic nitrogens is 6. The van der Waals surface area contributed by atoms with Gasteiger partial charge in [-0.3, -0.25) is 10.6 Å². The van der Waals surface area contributed by atoms with E-state index < -0.39 is 6.03 Å². The number of urea groups is 1. The largest absolute Gasteiger partial charge is 0.327 e. The van der Waals surface area contributed by atoms with Crippen molar-refractivity contribution >= 4 is 17.8 Å². The number of anilines is 2. The van der Waals surface area contributed by atoms with E-state index in [9.17, 15) is 4.79 Å². The van der Waals surface area contributed by atoms with Gasteiger partial charge in [-0.15, -0.1) is 10.2 Å². The number of nitrogens with zero attached hydrogens (tertiary/aromatic N) is 5. The second-order valence-electron chi connectivity index (χ2n) is 2.42. The van der Waals surface area contributed by atoms with Gasteiger partial charge in [-0.25, -0.2) is 4.79 Å². The molecule has 0 fully saturated rings. The number of hydrogen-bond acceptors (Lipinski definition) is 6. The van der Waals surface area contributed by atoms with E-state index in [1.54, 1.807) is 12.1 Å². The fraction of sp³-hybridized carbons (Fsp3) is 0. The van der Waals surface area contributed by atoms with E-state index >= 15 is 0 Å². The zero-order valence-electron chi connectivity index (χ0n) is 7.38. The molecule has 0 unspecified atom stereocenters. The maximum absolute atomic E-state index is 11.3. The molecule has 9 nitrogen and oxygen atoms in total. The minimum atomic E-state index is -0.517. The first-order chi connectivity index (χ1) is 7.34. The van der Waals surface area contributed by atoms with Gasteiger partial charge in [0.2, 0.25) is 0 Å². The summed E-state index contributed by atoms with van der Waals surface area (Å²) in [4.78, 5) is 11.3. The lowest BCUT2D eigenvalue weighted by Gasteiger charge is -2.01. The molecule has 0 aliphatic rings. The van der Waals surface area contributed by atoms with Crippen molar-refractivity contribution in [3.05, 3.63) is 18.3 Å². The molecule has 2 heterocycles. The van der Waals surface area contributed by atoms with E-state index in [0.717, 1.165) is 0 Å². The molecule has 0 aromatic carbocycles. The van der Waals surface area contributed by atoms with Crippen LogP contribution in [0.1, 0.15) is 0 Å². The molecule has 0 aliphatic heterocycles. The predicted molar refractivity (Wildman–Crippen MR) is 48.9 cm³/mol. The lowest BCUT2D eigenvalue weighted by molar-refractivity contribution is 0.262. The number of carbonyl (C=O) groups excluding carboxylic acids is 1. The van der Waals surface area contributed by atoms with Crippen molar-refractivity contribution in [1.29, 1.82) is 0 Å². The molecule has 2 aromatic heterocycles. The summed E-state index contributed by atoms with van der Waals surface area (Å²) >= 11 is 0. The van der Waals surface area contributed by atoms with Crippen LogP contribution in [0.5, 0.6) is 0 Å². The number of H-pyrrole nitrogens is 1. The maximum atomic E-state index is 11.3. The van der Waals surface area contributed by atoms with Crippen LogP contribution in [0.3, 0.4) is 0 Å². The standard InChI is InChI=1S/C6H6N8O/c15-6(9-5-11-13-14-12-5)8-4-2-1-3-7-10-4/h1-3H,(H3,8,9,10,11,12,13,14,15). The van der Waals surface area contributed by atoms with E-state index in [0.29, 0.717) is 5.82 Å². The van der Waals surface area contributed by atoms with Crippen molar-refractivity contribution in [1.82, 2.24) is 30.8 Å². The highest BCUT2D eigenvalue weighted by Crippen LogP contribution is 1.99. The molecule has 2 aromatic rings. The highest BCUT2D eigenvalue weighted by molar-refractivity contribution is 5.97. The number of hydrogen-bond donors (Lipinski definition) is 3. The average molecular weight is 206 g/mol. The average Bonchev–Trinajstić information content (AvgIpc) is 2.71. The molecule has 0 radical (unpaired) electrons. The van der Waals surface area contributed by atoms with Gasteiger partial charge < -0.3 is 0 Å². The van der Waals surface area contributed by atoms with Crippen LogP contribution in [-0.4, -0.2) is 36.9 Å². The minimum Gasteiger partial charge on any atom is -0.290 e. The number of carbonyl (C=O) groups is 1. The predicted octanol–water partition coefficient (Wildman–Crippen LogP) is -0.366. The quantitative estimate of drug-likeness (QED) is 0.616. The van der Waals surface area contributed by atoms with Crippen LogP contribution in [0.2, 0.25) is 0 Å². The third kappa shape index (κ3) is 2.43. The summed E-state index contributed by atoms with van der Waals surface area (Å²) < 4.78 is 0. The Bertz CT molecular complexity index is 426. The number of aromatic amines is 1. The molecule has 0 bridgehead atoms. The van der Waals surface area contributed by atoms with Crippen molar-refractivity contribution in [3.63, 3.8) is 0 Å². The van der Waals surface area contributed by atoms with Crippen LogP contribution in [0.4, 0.5) is 16.6 Å². The van der Waals surface area contributed by atoms with Crippen molar-refractivity contribution < 1.29 is 4.79 Å². The lowest BCUT2D eigenvalue weighted by atomic mass is 10.5. The fourth-order valence-electron chi connectivity index (χ4n) is 0.832. The first kappa shape index (κ1) is 8.99. The highest BCUT2D eigenvalue weighted by atomic mass is 16.2. The number of rotatable bonds is 2. The van der Waals surface area contributed by atoms with Crippen molar-refractivity contribution in [3.8, 4) is 0 Å². The Hall–Kier alpha value is -2.58. The summed E-state index contributed by atoms with van der Waals surface area (Å²) in [5.41, 5.74) is 0. The maximum Gasteiger partial charge on any atom is 0.327 e. The normalized spacial score (nSPS) is 9.60. The van der Waals surface area contributed by atoms with Crippen LogP contribution in [0.25, 0.3) is 0 Å². The van der Waals surface area contributed by atoms with Gasteiger partial charge in [0.1, 0.15) is 0 Å². The summed E-state index contributed by atoms with van der Waals surface area (Å²) in [6, 6.07) is 2.73. The van der Waals surface area contributed by atoms with Crippen LogP contribution in [0.15, 0.2) is 18.3 Å². The molecule has 0 atom stereocenters. The molecule has 0 aliphatic carbocycles. The van der Waals surface area contributed by atoms with Gasteiger partial charge in [-0.05, 0) is 17.3 Å². The zero-order chi connectivity index (χ0) is 10.5. The fourth-order valence-corrected chi connectivity index (χ4v) is 0.832. The Morgan fingerprint density at radius 3 is 2.93 bits per heavy atom. The van der Waals surface area contributed by atoms with E-state index in [2.05, 4.69) is 41.5 Å². The smallest absolute Gasteiger partial charge is 0.290 e. The monoisotopic (exact) mass is 206 g/mol. The summed E-state index contributed by atoms with van der Waals surface area (Å²) in [6.45, 7) is 0. The van der Waals surface area contributed by atoms with Gasteiger partial charge in [0.05, 0.1) is 0 Å². The zero-order valence-corrected chi connectivity index (χ0v) is 7.38. The van der Waals surface area contributed by atoms with Gasteiger partial charge in [0, 0.05) is 6.20 Å². The summed E-state index contributed by atoms with van der Waals surface area (Å²) in [6.07, 6.45) is 1.50. The second kappa shape index (κ2) is 4.09. The molecular weight excluding hydrogens is 200 g/mol.